The van der Waals surface area contributed by atoms with Crippen LogP contribution in [0, 0.1) is 0 Å². The monoisotopic (exact) mass is 395 g/mol. The summed E-state index contributed by atoms with van der Waals surface area (Å²) in [7, 11) is -2.24. The Labute approximate surface area is 119 Å². The highest BCUT2D eigenvalue weighted by molar-refractivity contribution is 9.12. The molecule has 0 radical (unpaired) electrons. The van der Waals surface area contributed by atoms with E-state index < -0.39 is 20.8 Å². The van der Waals surface area contributed by atoms with Crippen molar-refractivity contribution in [2.24, 2.45) is 0 Å². The average Bonchev–Trinajstić information content (AvgIpc) is 2.34. The number of aliphatic hydroxyl groups is 1. The van der Waals surface area contributed by atoms with Gasteiger partial charge in [-0.25, -0.2) is 0 Å². The highest BCUT2D eigenvalue weighted by atomic mass is 79.9. The minimum Gasteiger partial charge on any atom is -0.368 e. The number of aliphatic hydroxyl groups excluding tert-OH is 1. The van der Waals surface area contributed by atoms with Gasteiger partial charge in [-0.2, -0.15) is 0 Å². The zero-order chi connectivity index (χ0) is 13.3. The minimum absolute atomic E-state index is 0.0762. The van der Waals surface area contributed by atoms with Crippen LogP contribution in [-0.4, -0.2) is 34.5 Å². The number of rotatable bonds is 10. The third-order valence-electron chi connectivity index (χ3n) is 1.72. The quantitative estimate of drug-likeness (QED) is 0.348. The Bertz CT molecular complexity index is 220. The van der Waals surface area contributed by atoms with E-state index in [4.69, 9.17) is 13.8 Å². The largest absolute Gasteiger partial charge is 0.700 e. The highest BCUT2D eigenvalue weighted by Gasteiger charge is 2.29. The van der Waals surface area contributed by atoms with E-state index in [9.17, 15) is 9.67 Å². The molecule has 0 rings (SSSR count). The predicted octanol–water partition coefficient (Wildman–Crippen LogP) is 3.32. The van der Waals surface area contributed by atoms with Crippen molar-refractivity contribution in [1.82, 2.24) is 0 Å². The van der Waals surface area contributed by atoms with Crippen molar-refractivity contribution in [3.05, 3.63) is 0 Å². The van der Waals surface area contributed by atoms with Crippen molar-refractivity contribution in [2.75, 3.05) is 11.9 Å². The van der Waals surface area contributed by atoms with Crippen LogP contribution in [-0.2, 0) is 18.3 Å². The molecule has 5 nitrogen and oxygen atoms in total. The molecule has 0 aromatic carbocycles. The van der Waals surface area contributed by atoms with Crippen LogP contribution in [0.1, 0.15) is 26.7 Å². The molecular formula is C9H18Br2O5P+. The maximum atomic E-state index is 11.4. The molecule has 0 aliphatic carbocycles. The van der Waals surface area contributed by atoms with Crippen molar-refractivity contribution in [2.45, 2.75) is 44.1 Å². The smallest absolute Gasteiger partial charge is 0.368 e. The Hall–Kier alpha value is 0.900. The standard InChI is InChI=1S/C9H18Br2O5P/c1-3-8(12)15-9(4-2)16-17(13)14-6-7(11)5-10/h7-9,12H,3-6H2,1-2H3/q+1. The molecule has 4 atom stereocenters. The maximum Gasteiger partial charge on any atom is 0.700 e. The molecule has 4 unspecified atom stereocenters. The summed E-state index contributed by atoms with van der Waals surface area (Å²) in [5.74, 6) is 0. The first-order chi connectivity index (χ1) is 8.03. The Balaban J connectivity index is 3.89. The van der Waals surface area contributed by atoms with E-state index in [0.717, 1.165) is 0 Å². The van der Waals surface area contributed by atoms with E-state index >= 15 is 0 Å². The fourth-order valence-corrected chi connectivity index (χ4v) is 2.06. The van der Waals surface area contributed by atoms with Crippen LogP contribution in [0.15, 0.2) is 0 Å². The molecule has 0 aromatic rings. The Kier molecular flexibility index (Phi) is 11.4. The molecule has 102 valence electrons. The molecule has 1 N–H and O–H groups in total. The van der Waals surface area contributed by atoms with Crippen LogP contribution >= 0.6 is 40.1 Å². The van der Waals surface area contributed by atoms with Crippen molar-refractivity contribution in [3.63, 3.8) is 0 Å². The van der Waals surface area contributed by atoms with Gasteiger partial charge in [0.25, 0.3) is 0 Å². The van der Waals surface area contributed by atoms with Gasteiger partial charge in [-0.3, -0.25) is 0 Å². The van der Waals surface area contributed by atoms with E-state index in [1.165, 1.54) is 0 Å². The minimum atomic E-state index is -2.24. The first kappa shape index (κ1) is 17.9. The average molecular weight is 397 g/mol. The number of hydrogen-bond acceptors (Lipinski definition) is 5. The van der Waals surface area contributed by atoms with Crippen LogP contribution in [0.2, 0.25) is 0 Å². The summed E-state index contributed by atoms with van der Waals surface area (Å²) in [4.78, 5) is 0.0762. The lowest BCUT2D eigenvalue weighted by Gasteiger charge is -2.13. The number of ether oxygens (including phenoxy) is 1. The van der Waals surface area contributed by atoms with Gasteiger partial charge in [0.15, 0.2) is 6.29 Å². The first-order valence-electron chi connectivity index (χ1n) is 5.33. The van der Waals surface area contributed by atoms with Crippen molar-refractivity contribution in [3.8, 4) is 0 Å². The fourth-order valence-electron chi connectivity index (χ4n) is 0.780. The van der Waals surface area contributed by atoms with E-state index in [0.29, 0.717) is 18.2 Å². The zero-order valence-electron chi connectivity index (χ0n) is 9.84. The summed E-state index contributed by atoms with van der Waals surface area (Å²) >= 11 is 6.56. The molecule has 0 aromatic heterocycles. The van der Waals surface area contributed by atoms with Gasteiger partial charge in [0.05, 0.1) is 4.83 Å². The number of halogens is 2. The second-order valence-electron chi connectivity index (χ2n) is 3.21. The second-order valence-corrected chi connectivity index (χ2v) is 6.07. The molecule has 0 amide bonds. The predicted molar refractivity (Wildman–Crippen MR) is 72.6 cm³/mol. The van der Waals surface area contributed by atoms with Gasteiger partial charge >= 0.3 is 8.25 Å². The summed E-state index contributed by atoms with van der Waals surface area (Å²) in [5, 5.41) is 9.97. The summed E-state index contributed by atoms with van der Waals surface area (Å²) in [5.41, 5.74) is 0. The fraction of sp³-hybridized carbons (Fsp3) is 1.00. The molecular weight excluding hydrogens is 379 g/mol. The zero-order valence-corrected chi connectivity index (χ0v) is 13.9. The summed E-state index contributed by atoms with van der Waals surface area (Å²) < 4.78 is 26.5. The molecule has 0 bridgehead atoms. The van der Waals surface area contributed by atoms with Crippen LogP contribution in [0.5, 0.6) is 0 Å². The molecule has 0 heterocycles. The summed E-state index contributed by atoms with van der Waals surface area (Å²) in [6, 6.07) is 0. The van der Waals surface area contributed by atoms with Crippen LogP contribution < -0.4 is 0 Å². The Morgan fingerprint density at radius 3 is 2.47 bits per heavy atom. The van der Waals surface area contributed by atoms with Crippen LogP contribution in [0.3, 0.4) is 0 Å². The Morgan fingerprint density at radius 1 is 1.35 bits per heavy atom. The normalized spacial score (nSPS) is 17.6. The SMILES string of the molecule is CCC(O)OC(CC)O[P+](=O)OCC(Br)CBr. The van der Waals surface area contributed by atoms with Crippen LogP contribution in [0.25, 0.3) is 0 Å². The van der Waals surface area contributed by atoms with Gasteiger partial charge < -0.3 is 9.84 Å². The lowest BCUT2D eigenvalue weighted by Crippen LogP contribution is -2.21. The molecule has 0 spiro atoms. The van der Waals surface area contributed by atoms with Crippen molar-refractivity contribution >= 4 is 40.1 Å². The third-order valence-corrected chi connectivity index (χ3v) is 4.73. The van der Waals surface area contributed by atoms with Gasteiger partial charge in [-0.05, 0) is 6.42 Å². The molecule has 0 fully saturated rings. The number of alkyl halides is 2. The summed E-state index contributed by atoms with van der Waals surface area (Å²) in [6.45, 7) is 3.86. The first-order valence-corrected chi connectivity index (χ1v) is 8.47. The van der Waals surface area contributed by atoms with E-state index in [-0.39, 0.29) is 11.4 Å². The number of hydrogen-bond donors (Lipinski definition) is 1. The highest BCUT2D eigenvalue weighted by Crippen LogP contribution is 2.29. The van der Waals surface area contributed by atoms with Crippen molar-refractivity contribution in [1.29, 1.82) is 0 Å². The summed E-state index contributed by atoms with van der Waals surface area (Å²) in [6.07, 6.45) is -0.691. The van der Waals surface area contributed by atoms with E-state index in [1.807, 2.05) is 6.92 Å². The molecule has 0 saturated heterocycles. The molecule has 17 heavy (non-hydrogen) atoms. The second kappa shape index (κ2) is 10.8. The Morgan fingerprint density at radius 2 is 2.00 bits per heavy atom. The lowest BCUT2D eigenvalue weighted by molar-refractivity contribution is -0.198. The van der Waals surface area contributed by atoms with Gasteiger partial charge in [0.2, 0.25) is 6.29 Å². The third kappa shape index (κ3) is 9.47. The van der Waals surface area contributed by atoms with Crippen molar-refractivity contribution < 1.29 is 23.5 Å². The van der Waals surface area contributed by atoms with E-state index in [1.54, 1.807) is 6.92 Å². The maximum absolute atomic E-state index is 11.4. The molecule has 8 heteroatoms. The van der Waals surface area contributed by atoms with Gasteiger partial charge in [0.1, 0.15) is 6.61 Å². The van der Waals surface area contributed by atoms with Crippen LogP contribution in [0.4, 0.5) is 0 Å². The molecule has 0 saturated carbocycles. The van der Waals surface area contributed by atoms with E-state index in [2.05, 4.69) is 31.9 Å². The topological polar surface area (TPSA) is 65.0 Å². The lowest BCUT2D eigenvalue weighted by atomic mass is 10.4. The van der Waals surface area contributed by atoms with Gasteiger partial charge in [-0.1, -0.05) is 50.2 Å². The van der Waals surface area contributed by atoms with Gasteiger partial charge in [0, 0.05) is 16.3 Å². The van der Waals surface area contributed by atoms with Gasteiger partial charge in [-0.15, -0.1) is 4.52 Å². The molecule has 0 aliphatic heterocycles. The molecule has 0 aliphatic rings.